The van der Waals surface area contributed by atoms with Crippen LogP contribution in [0.3, 0.4) is 0 Å². The Morgan fingerprint density at radius 2 is 1.89 bits per heavy atom. The number of benzene rings is 2. The van der Waals surface area contributed by atoms with Crippen LogP contribution in [0.2, 0.25) is 0 Å². The van der Waals surface area contributed by atoms with E-state index in [1.165, 1.54) is 4.90 Å². The average Bonchev–Trinajstić information content (AvgIpc) is 3.02. The molecule has 1 saturated heterocycles. The van der Waals surface area contributed by atoms with E-state index in [4.69, 9.17) is 4.74 Å². The summed E-state index contributed by atoms with van der Waals surface area (Å²) in [5.74, 6) is -2.08. The van der Waals surface area contributed by atoms with Gasteiger partial charge in [0, 0.05) is 23.4 Å². The zero-order chi connectivity index (χ0) is 20.5. The van der Waals surface area contributed by atoms with E-state index >= 15 is 0 Å². The van der Waals surface area contributed by atoms with Gasteiger partial charge in [0.2, 0.25) is 0 Å². The van der Waals surface area contributed by atoms with E-state index in [1.54, 1.807) is 31.2 Å². The fourth-order valence-corrected chi connectivity index (χ4v) is 5.17. The van der Waals surface area contributed by atoms with Crippen molar-refractivity contribution in [3.63, 3.8) is 0 Å². The van der Waals surface area contributed by atoms with Crippen LogP contribution in [0.25, 0.3) is 10.8 Å². The standard InChI is InChI=1S/C19H21NO7S/c1-2-20(12-7-8-28(25,26)11-12)17(22)10-27-19(24)15-9-16(21)13-5-3-4-6-14(13)18(15)23/h3-6,9,12,21,23H,2,7-8,10-11H2,1H3/t12-/m0/s1. The fraction of sp³-hybridized carbons (Fsp3) is 0.368. The van der Waals surface area contributed by atoms with Crippen molar-refractivity contribution in [3.05, 3.63) is 35.9 Å². The number of carbonyl (C=O) groups is 2. The smallest absolute Gasteiger partial charge is 0.342 e. The Kier molecular flexibility index (Phi) is 5.46. The Balaban J connectivity index is 1.72. The zero-order valence-electron chi connectivity index (χ0n) is 15.3. The van der Waals surface area contributed by atoms with Gasteiger partial charge in [0.1, 0.15) is 17.1 Å². The second-order valence-corrected chi connectivity index (χ2v) is 8.88. The van der Waals surface area contributed by atoms with Crippen molar-refractivity contribution < 1.29 is 33.0 Å². The van der Waals surface area contributed by atoms with Crippen LogP contribution in [0.1, 0.15) is 23.7 Å². The first-order chi connectivity index (χ1) is 13.2. The predicted octanol–water partition coefficient (Wildman–Crippen LogP) is 1.44. The molecular formula is C19H21NO7S. The highest BCUT2D eigenvalue weighted by atomic mass is 32.2. The van der Waals surface area contributed by atoms with Crippen molar-refractivity contribution in [3.8, 4) is 11.5 Å². The highest BCUT2D eigenvalue weighted by Gasteiger charge is 2.34. The molecule has 2 aromatic rings. The molecule has 1 heterocycles. The Morgan fingerprint density at radius 1 is 1.21 bits per heavy atom. The van der Waals surface area contributed by atoms with Gasteiger partial charge < -0.3 is 19.8 Å². The van der Waals surface area contributed by atoms with E-state index < -0.39 is 34.4 Å². The van der Waals surface area contributed by atoms with Crippen LogP contribution in [0.4, 0.5) is 0 Å². The summed E-state index contributed by atoms with van der Waals surface area (Å²) >= 11 is 0. The lowest BCUT2D eigenvalue weighted by atomic mass is 10.0. The Labute approximate surface area is 162 Å². The average molecular weight is 407 g/mol. The monoisotopic (exact) mass is 407 g/mol. The maximum atomic E-state index is 12.4. The summed E-state index contributed by atoms with van der Waals surface area (Å²) in [4.78, 5) is 26.1. The van der Waals surface area contributed by atoms with Crippen molar-refractivity contribution in [2.24, 2.45) is 0 Å². The third kappa shape index (κ3) is 3.89. The molecule has 150 valence electrons. The van der Waals surface area contributed by atoms with Gasteiger partial charge in [-0.3, -0.25) is 4.79 Å². The lowest BCUT2D eigenvalue weighted by Gasteiger charge is -2.26. The number of nitrogens with zero attached hydrogens (tertiary/aromatic N) is 1. The number of phenolic OH excluding ortho intramolecular Hbond substituents is 2. The summed E-state index contributed by atoms with van der Waals surface area (Å²) in [7, 11) is -3.15. The first-order valence-corrected chi connectivity index (χ1v) is 10.7. The molecule has 9 heteroatoms. The van der Waals surface area contributed by atoms with Gasteiger partial charge in [0.05, 0.1) is 11.5 Å². The second kappa shape index (κ2) is 7.67. The van der Waals surface area contributed by atoms with E-state index in [1.807, 2.05) is 0 Å². The first-order valence-electron chi connectivity index (χ1n) is 8.84. The van der Waals surface area contributed by atoms with E-state index in [2.05, 4.69) is 0 Å². The SMILES string of the molecule is CCN(C(=O)COC(=O)c1cc(O)c2ccccc2c1O)[C@H]1CCS(=O)(=O)C1. The van der Waals surface area contributed by atoms with Gasteiger partial charge in [-0.1, -0.05) is 24.3 Å². The minimum atomic E-state index is -3.15. The maximum absolute atomic E-state index is 12.4. The largest absolute Gasteiger partial charge is 0.507 e. The topological polar surface area (TPSA) is 121 Å². The molecule has 1 aliphatic heterocycles. The number of esters is 1. The third-order valence-corrected chi connectivity index (χ3v) is 6.60. The molecule has 1 amide bonds. The van der Waals surface area contributed by atoms with E-state index in [-0.39, 0.29) is 34.0 Å². The minimum absolute atomic E-state index is 0.0332. The van der Waals surface area contributed by atoms with Crippen LogP contribution in [0.5, 0.6) is 11.5 Å². The van der Waals surface area contributed by atoms with Crippen molar-refractivity contribution in [1.29, 1.82) is 0 Å². The Bertz CT molecular complexity index is 1030. The van der Waals surface area contributed by atoms with Crippen LogP contribution in [0, 0.1) is 0 Å². The molecule has 0 saturated carbocycles. The summed E-state index contributed by atoms with van der Waals surface area (Å²) in [5, 5.41) is 21.1. The van der Waals surface area contributed by atoms with Crippen LogP contribution in [-0.4, -0.2) is 66.1 Å². The summed E-state index contributed by atoms with van der Waals surface area (Å²) in [6, 6.07) is 7.13. The van der Waals surface area contributed by atoms with Gasteiger partial charge in [0.15, 0.2) is 16.4 Å². The number of ether oxygens (including phenoxy) is 1. The van der Waals surface area contributed by atoms with Crippen LogP contribution in [-0.2, 0) is 19.4 Å². The van der Waals surface area contributed by atoms with Crippen molar-refractivity contribution >= 4 is 32.5 Å². The van der Waals surface area contributed by atoms with E-state index in [0.717, 1.165) is 6.07 Å². The molecule has 2 aromatic carbocycles. The zero-order valence-corrected chi connectivity index (χ0v) is 16.1. The van der Waals surface area contributed by atoms with Gasteiger partial charge in [-0.15, -0.1) is 0 Å². The van der Waals surface area contributed by atoms with Crippen LogP contribution in [0.15, 0.2) is 30.3 Å². The molecule has 1 atom stereocenters. The number of sulfone groups is 1. The lowest BCUT2D eigenvalue weighted by molar-refractivity contribution is -0.136. The number of hydrogen-bond donors (Lipinski definition) is 2. The Morgan fingerprint density at radius 3 is 2.50 bits per heavy atom. The van der Waals surface area contributed by atoms with Crippen LogP contribution >= 0.6 is 0 Å². The molecule has 2 N–H and O–H groups in total. The van der Waals surface area contributed by atoms with Crippen molar-refractivity contribution in [1.82, 2.24) is 4.90 Å². The fourth-order valence-electron chi connectivity index (χ4n) is 3.44. The third-order valence-electron chi connectivity index (χ3n) is 4.85. The molecule has 0 radical (unpaired) electrons. The minimum Gasteiger partial charge on any atom is -0.507 e. The van der Waals surface area contributed by atoms with Crippen molar-refractivity contribution in [2.75, 3.05) is 24.7 Å². The maximum Gasteiger partial charge on any atom is 0.342 e. The van der Waals surface area contributed by atoms with E-state index in [0.29, 0.717) is 18.4 Å². The summed E-state index contributed by atoms with van der Waals surface area (Å²) < 4.78 is 28.3. The highest BCUT2D eigenvalue weighted by Crippen LogP contribution is 2.35. The van der Waals surface area contributed by atoms with E-state index in [9.17, 15) is 28.2 Å². The summed E-state index contributed by atoms with van der Waals surface area (Å²) in [6.07, 6.45) is 0.356. The van der Waals surface area contributed by atoms with Gasteiger partial charge in [-0.05, 0) is 19.4 Å². The molecule has 0 bridgehead atoms. The number of phenols is 2. The predicted molar refractivity (Wildman–Crippen MR) is 102 cm³/mol. The number of carbonyl (C=O) groups excluding carboxylic acids is 2. The molecule has 28 heavy (non-hydrogen) atoms. The molecule has 1 aliphatic rings. The Hall–Kier alpha value is -2.81. The molecule has 1 fully saturated rings. The molecular weight excluding hydrogens is 386 g/mol. The molecule has 8 nitrogen and oxygen atoms in total. The number of fused-ring (bicyclic) bond motifs is 1. The van der Waals surface area contributed by atoms with Crippen LogP contribution < -0.4 is 0 Å². The molecule has 0 spiro atoms. The molecule has 3 rings (SSSR count). The first kappa shape index (κ1) is 19.9. The van der Waals surface area contributed by atoms with Crippen molar-refractivity contribution in [2.45, 2.75) is 19.4 Å². The summed E-state index contributed by atoms with van der Waals surface area (Å²) in [6.45, 7) is 1.42. The number of amides is 1. The lowest BCUT2D eigenvalue weighted by Crippen LogP contribution is -2.43. The molecule has 0 aliphatic carbocycles. The number of likely N-dealkylation sites (N-methyl/N-ethyl adjacent to an activating group) is 1. The highest BCUT2D eigenvalue weighted by molar-refractivity contribution is 7.91. The van der Waals surface area contributed by atoms with Gasteiger partial charge in [-0.25, -0.2) is 13.2 Å². The number of rotatable bonds is 5. The quantitative estimate of drug-likeness (QED) is 0.568. The van der Waals surface area contributed by atoms with Gasteiger partial charge >= 0.3 is 5.97 Å². The van der Waals surface area contributed by atoms with Gasteiger partial charge in [-0.2, -0.15) is 0 Å². The summed E-state index contributed by atoms with van der Waals surface area (Å²) in [5.41, 5.74) is -0.254. The number of hydrogen-bond acceptors (Lipinski definition) is 7. The molecule has 0 aromatic heterocycles. The molecule has 0 unspecified atom stereocenters. The second-order valence-electron chi connectivity index (χ2n) is 6.65. The normalized spacial score (nSPS) is 18.1. The number of aromatic hydroxyl groups is 2. The van der Waals surface area contributed by atoms with Gasteiger partial charge in [0.25, 0.3) is 5.91 Å².